The lowest BCUT2D eigenvalue weighted by Crippen LogP contribution is -2.54. The molecule has 6 heteroatoms. The van der Waals surface area contributed by atoms with Crippen molar-refractivity contribution >= 4 is 35.9 Å². The molecule has 0 aromatic rings. The summed E-state index contributed by atoms with van der Waals surface area (Å²) in [5, 5.41) is 3.71. The van der Waals surface area contributed by atoms with Gasteiger partial charge in [-0.3, -0.25) is 9.79 Å². The van der Waals surface area contributed by atoms with E-state index in [-0.39, 0.29) is 35.9 Å². The minimum Gasteiger partial charge on any atom is -0.469 e. The Morgan fingerprint density at radius 2 is 1.65 bits per heavy atom. The zero-order valence-electron chi connectivity index (χ0n) is 16.2. The second-order valence-corrected chi connectivity index (χ2v) is 9.10. The van der Waals surface area contributed by atoms with Crippen molar-refractivity contribution in [2.75, 3.05) is 33.8 Å². The van der Waals surface area contributed by atoms with Crippen LogP contribution in [0.4, 0.5) is 0 Å². The first kappa shape index (κ1) is 20.2. The van der Waals surface area contributed by atoms with Gasteiger partial charge in [-0.15, -0.1) is 24.0 Å². The zero-order valence-corrected chi connectivity index (χ0v) is 18.5. The summed E-state index contributed by atoms with van der Waals surface area (Å²) in [5.74, 6) is 4.00. The summed E-state index contributed by atoms with van der Waals surface area (Å²) < 4.78 is 4.89. The van der Waals surface area contributed by atoms with Gasteiger partial charge in [0, 0.05) is 26.7 Å². The summed E-state index contributed by atoms with van der Waals surface area (Å²) in [4.78, 5) is 18.6. The molecular formula is C20H34IN3O2. The minimum atomic E-state index is -0.0591. The van der Waals surface area contributed by atoms with Crippen LogP contribution in [0.3, 0.4) is 0 Å². The number of ether oxygens (including phenoxy) is 1. The van der Waals surface area contributed by atoms with Crippen LogP contribution in [0.5, 0.6) is 0 Å². The second-order valence-electron chi connectivity index (χ2n) is 9.10. The highest BCUT2D eigenvalue weighted by Gasteiger charge is 2.50. The monoisotopic (exact) mass is 475 g/mol. The average Bonchev–Trinajstić information content (AvgIpc) is 2.61. The maximum Gasteiger partial charge on any atom is 0.308 e. The molecule has 26 heavy (non-hydrogen) atoms. The van der Waals surface area contributed by atoms with Crippen LogP contribution < -0.4 is 5.32 Å². The lowest BCUT2D eigenvalue weighted by molar-refractivity contribution is -0.146. The van der Waals surface area contributed by atoms with Crippen LogP contribution >= 0.6 is 24.0 Å². The van der Waals surface area contributed by atoms with Crippen LogP contribution in [0.15, 0.2) is 4.99 Å². The molecular weight excluding hydrogens is 441 g/mol. The van der Waals surface area contributed by atoms with Gasteiger partial charge in [-0.05, 0) is 74.5 Å². The van der Waals surface area contributed by atoms with Crippen LogP contribution in [-0.2, 0) is 9.53 Å². The number of piperidine rings is 1. The summed E-state index contributed by atoms with van der Waals surface area (Å²) >= 11 is 0. The topological polar surface area (TPSA) is 53.9 Å². The number of hydrogen-bond donors (Lipinski definition) is 1. The van der Waals surface area contributed by atoms with Crippen LogP contribution in [-0.4, -0.2) is 50.6 Å². The molecule has 5 aliphatic rings. The molecule has 1 heterocycles. The maximum absolute atomic E-state index is 11.7. The lowest BCUT2D eigenvalue weighted by Gasteiger charge is -2.57. The number of guanidine groups is 1. The fraction of sp³-hybridized carbons (Fsp3) is 0.900. The van der Waals surface area contributed by atoms with Crippen molar-refractivity contribution in [1.82, 2.24) is 10.2 Å². The van der Waals surface area contributed by atoms with Gasteiger partial charge in [0.05, 0.1) is 13.0 Å². The first-order valence-corrected chi connectivity index (χ1v) is 10.1. The Hall–Kier alpha value is -0.530. The van der Waals surface area contributed by atoms with E-state index in [1.165, 1.54) is 45.6 Å². The number of nitrogens with one attached hydrogen (secondary N) is 1. The van der Waals surface area contributed by atoms with Crippen molar-refractivity contribution in [3.8, 4) is 0 Å². The quantitative estimate of drug-likeness (QED) is 0.295. The fourth-order valence-electron chi connectivity index (χ4n) is 6.60. The molecule has 148 valence electrons. The molecule has 5 rings (SSSR count). The van der Waals surface area contributed by atoms with E-state index in [9.17, 15) is 4.79 Å². The number of rotatable bonds is 3. The highest BCUT2D eigenvalue weighted by Crippen LogP contribution is 2.59. The van der Waals surface area contributed by atoms with Gasteiger partial charge < -0.3 is 15.0 Å². The second kappa shape index (κ2) is 8.23. The van der Waals surface area contributed by atoms with Gasteiger partial charge >= 0.3 is 5.97 Å². The van der Waals surface area contributed by atoms with E-state index in [1.54, 1.807) is 0 Å². The molecule has 1 saturated heterocycles. The predicted molar refractivity (Wildman–Crippen MR) is 114 cm³/mol. The van der Waals surface area contributed by atoms with Crippen molar-refractivity contribution < 1.29 is 9.53 Å². The van der Waals surface area contributed by atoms with E-state index in [1.807, 2.05) is 7.05 Å². The van der Waals surface area contributed by atoms with Crippen molar-refractivity contribution in [3.63, 3.8) is 0 Å². The van der Waals surface area contributed by atoms with E-state index in [0.717, 1.165) is 56.2 Å². The van der Waals surface area contributed by atoms with Crippen LogP contribution in [0.2, 0.25) is 0 Å². The molecule has 0 amide bonds. The standard InChI is InChI=1S/C20H33N3O2.HI/c1-21-19(23-5-3-17(4-6-23)18(24)25-2)22-13-20-10-14-7-15(11-20)9-16(8-14)12-20;/h14-17H,3-13H2,1-2H3,(H,21,22);1H. The van der Waals surface area contributed by atoms with E-state index in [2.05, 4.69) is 15.2 Å². The van der Waals surface area contributed by atoms with Gasteiger partial charge in [0.2, 0.25) is 0 Å². The van der Waals surface area contributed by atoms with Crippen LogP contribution in [0.25, 0.3) is 0 Å². The summed E-state index contributed by atoms with van der Waals surface area (Å²) in [6, 6.07) is 0. The largest absolute Gasteiger partial charge is 0.469 e. The molecule has 0 atom stereocenters. The average molecular weight is 475 g/mol. The molecule has 4 bridgehead atoms. The number of halogens is 1. The van der Waals surface area contributed by atoms with E-state index < -0.39 is 0 Å². The Kier molecular flexibility index (Phi) is 6.40. The third kappa shape index (κ3) is 3.99. The molecule has 4 aliphatic carbocycles. The van der Waals surface area contributed by atoms with Crippen LogP contribution in [0.1, 0.15) is 51.4 Å². The Morgan fingerprint density at radius 1 is 1.12 bits per heavy atom. The molecule has 1 N–H and O–H groups in total. The molecule has 5 fully saturated rings. The SMILES string of the molecule is CN=C(NCC12CC3CC(CC(C3)C1)C2)N1CCC(C(=O)OC)CC1.I. The molecule has 4 saturated carbocycles. The molecule has 0 spiro atoms. The highest BCUT2D eigenvalue weighted by molar-refractivity contribution is 14.0. The normalized spacial score (nSPS) is 36.6. The summed E-state index contributed by atoms with van der Waals surface area (Å²) in [6.07, 6.45) is 10.5. The Morgan fingerprint density at radius 3 is 2.12 bits per heavy atom. The van der Waals surface area contributed by atoms with Crippen molar-refractivity contribution in [3.05, 3.63) is 0 Å². The summed E-state index contributed by atoms with van der Waals surface area (Å²) in [6.45, 7) is 2.86. The smallest absolute Gasteiger partial charge is 0.308 e. The third-order valence-corrected chi connectivity index (χ3v) is 7.33. The third-order valence-electron chi connectivity index (χ3n) is 7.33. The number of likely N-dealkylation sites (tertiary alicyclic amines) is 1. The number of methoxy groups -OCH3 is 1. The first-order valence-electron chi connectivity index (χ1n) is 10.1. The maximum atomic E-state index is 11.7. The number of esters is 1. The van der Waals surface area contributed by atoms with E-state index >= 15 is 0 Å². The van der Waals surface area contributed by atoms with Gasteiger partial charge in [0.15, 0.2) is 5.96 Å². The Labute approximate surface area is 174 Å². The summed E-state index contributed by atoms with van der Waals surface area (Å²) in [5.41, 5.74) is 0.523. The predicted octanol–water partition coefficient (Wildman–Crippen LogP) is 3.28. The number of carbonyl (C=O) groups excluding carboxylic acids is 1. The fourth-order valence-corrected chi connectivity index (χ4v) is 6.60. The van der Waals surface area contributed by atoms with Crippen molar-refractivity contribution in [1.29, 1.82) is 0 Å². The van der Waals surface area contributed by atoms with Gasteiger partial charge in [-0.25, -0.2) is 0 Å². The molecule has 0 unspecified atom stereocenters. The van der Waals surface area contributed by atoms with Crippen molar-refractivity contribution in [2.24, 2.45) is 34.1 Å². The van der Waals surface area contributed by atoms with Gasteiger partial charge in [-0.1, -0.05) is 0 Å². The first-order chi connectivity index (χ1) is 12.1. The van der Waals surface area contributed by atoms with E-state index in [0.29, 0.717) is 5.41 Å². The minimum absolute atomic E-state index is 0. The highest BCUT2D eigenvalue weighted by atomic mass is 127. The Balaban J connectivity index is 0.00000196. The Bertz CT molecular complexity index is 508. The van der Waals surface area contributed by atoms with Gasteiger partial charge in [-0.2, -0.15) is 0 Å². The molecule has 5 nitrogen and oxygen atoms in total. The number of hydrogen-bond acceptors (Lipinski definition) is 3. The zero-order chi connectivity index (χ0) is 17.4. The van der Waals surface area contributed by atoms with Crippen molar-refractivity contribution in [2.45, 2.75) is 51.4 Å². The summed E-state index contributed by atoms with van der Waals surface area (Å²) in [7, 11) is 3.37. The molecule has 0 aromatic carbocycles. The van der Waals surface area contributed by atoms with Crippen LogP contribution in [0, 0.1) is 29.1 Å². The van der Waals surface area contributed by atoms with E-state index in [4.69, 9.17) is 4.74 Å². The molecule has 1 aliphatic heterocycles. The molecule has 0 aromatic heterocycles. The number of carbonyl (C=O) groups is 1. The van der Waals surface area contributed by atoms with Gasteiger partial charge in [0.1, 0.15) is 0 Å². The number of aliphatic imine (C=N–C) groups is 1. The number of nitrogens with zero attached hydrogens (tertiary/aromatic N) is 2. The van der Waals surface area contributed by atoms with Gasteiger partial charge in [0.25, 0.3) is 0 Å². The molecule has 0 radical (unpaired) electrons. The lowest BCUT2D eigenvalue weighted by atomic mass is 9.49.